The second-order valence-electron chi connectivity index (χ2n) is 5.29. The van der Waals surface area contributed by atoms with Crippen molar-refractivity contribution in [2.75, 3.05) is 26.7 Å². The highest BCUT2D eigenvalue weighted by molar-refractivity contribution is 7.89. The molecule has 1 aromatic carbocycles. The van der Waals surface area contributed by atoms with Gasteiger partial charge in [0.1, 0.15) is 5.82 Å². The zero-order valence-corrected chi connectivity index (χ0v) is 13.3. The Labute approximate surface area is 125 Å². The fraction of sp³-hybridized carbons (Fsp3) is 0.571. The number of aryl methyl sites for hydroxylation is 1. The van der Waals surface area contributed by atoms with Crippen LogP contribution in [0.15, 0.2) is 17.0 Å². The van der Waals surface area contributed by atoms with Crippen LogP contribution in [0.5, 0.6) is 0 Å². The molecule has 21 heavy (non-hydrogen) atoms. The summed E-state index contributed by atoms with van der Waals surface area (Å²) < 4.78 is 46.1. The molecule has 0 aromatic heterocycles. The van der Waals surface area contributed by atoms with E-state index >= 15 is 0 Å². The minimum atomic E-state index is -3.62. The molecule has 0 saturated carbocycles. The van der Waals surface area contributed by atoms with Gasteiger partial charge in [0.15, 0.2) is 0 Å². The number of hydrogen-bond donors (Lipinski definition) is 1. The lowest BCUT2D eigenvalue weighted by Gasteiger charge is -2.30. The van der Waals surface area contributed by atoms with Gasteiger partial charge in [-0.25, -0.2) is 12.8 Å². The van der Waals surface area contributed by atoms with Crippen LogP contribution in [0.3, 0.4) is 0 Å². The average Bonchev–Trinajstić information content (AvgIpc) is 2.43. The Morgan fingerprint density at radius 1 is 1.48 bits per heavy atom. The molecule has 1 aliphatic rings. The highest BCUT2D eigenvalue weighted by Gasteiger charge is 2.30. The maximum atomic E-state index is 14.0. The number of nitrogens with zero attached hydrogens (tertiary/aromatic N) is 1. The molecule has 0 bridgehead atoms. The van der Waals surface area contributed by atoms with Crippen molar-refractivity contribution in [3.05, 3.63) is 29.1 Å². The Hall–Kier alpha value is -1.02. The quantitative estimate of drug-likeness (QED) is 0.909. The van der Waals surface area contributed by atoms with E-state index in [4.69, 9.17) is 4.74 Å². The summed E-state index contributed by atoms with van der Waals surface area (Å²) in [7, 11) is -1.92. The summed E-state index contributed by atoms with van der Waals surface area (Å²) in [5.74, 6) is -0.362. The predicted molar refractivity (Wildman–Crippen MR) is 78.1 cm³/mol. The van der Waals surface area contributed by atoms with Gasteiger partial charge in [-0.3, -0.25) is 0 Å². The van der Waals surface area contributed by atoms with Crippen molar-refractivity contribution in [2.45, 2.75) is 31.4 Å². The van der Waals surface area contributed by atoms with Crippen molar-refractivity contribution in [1.29, 1.82) is 0 Å². The molecule has 2 rings (SSSR count). The minimum Gasteiger partial charge on any atom is -0.376 e. The molecular weight excluding hydrogens is 295 g/mol. The second kappa shape index (κ2) is 6.39. The average molecular weight is 316 g/mol. The van der Waals surface area contributed by atoms with E-state index in [9.17, 15) is 12.8 Å². The number of benzene rings is 1. The Kier molecular flexibility index (Phi) is 4.98. The second-order valence-corrected chi connectivity index (χ2v) is 7.23. The molecule has 1 heterocycles. The number of sulfonamides is 1. The highest BCUT2D eigenvalue weighted by atomic mass is 32.2. The van der Waals surface area contributed by atoms with Gasteiger partial charge in [0.25, 0.3) is 0 Å². The van der Waals surface area contributed by atoms with E-state index in [1.807, 2.05) is 6.92 Å². The molecule has 1 unspecified atom stereocenters. The molecule has 1 fully saturated rings. The molecule has 5 nitrogen and oxygen atoms in total. The van der Waals surface area contributed by atoms with Crippen LogP contribution >= 0.6 is 0 Å². The van der Waals surface area contributed by atoms with Crippen LogP contribution in [0.2, 0.25) is 0 Å². The Morgan fingerprint density at radius 2 is 2.19 bits per heavy atom. The summed E-state index contributed by atoms with van der Waals surface area (Å²) in [6.45, 7) is 4.73. The summed E-state index contributed by atoms with van der Waals surface area (Å²) in [5.41, 5.74) is 0.694. The fourth-order valence-electron chi connectivity index (χ4n) is 2.43. The van der Waals surface area contributed by atoms with Crippen LogP contribution in [0, 0.1) is 12.7 Å². The van der Waals surface area contributed by atoms with Crippen molar-refractivity contribution < 1.29 is 17.5 Å². The lowest BCUT2D eigenvalue weighted by molar-refractivity contribution is 0.0102. The van der Waals surface area contributed by atoms with E-state index in [0.717, 1.165) is 0 Å². The van der Waals surface area contributed by atoms with E-state index in [0.29, 0.717) is 30.8 Å². The molecule has 0 radical (unpaired) electrons. The molecule has 1 aliphatic heterocycles. The first-order valence-corrected chi connectivity index (χ1v) is 8.35. The predicted octanol–water partition coefficient (Wildman–Crippen LogP) is 1.26. The number of hydrogen-bond acceptors (Lipinski definition) is 4. The molecule has 0 spiro atoms. The molecule has 118 valence electrons. The van der Waals surface area contributed by atoms with Gasteiger partial charge in [-0.15, -0.1) is 0 Å². The SMILES string of the molecule is CNCc1cc(S(=O)(=O)N2CCOC(C)C2)cc(C)c1F. The number of rotatable bonds is 4. The van der Waals surface area contributed by atoms with Gasteiger partial charge in [0, 0.05) is 25.2 Å². The Morgan fingerprint density at radius 3 is 2.81 bits per heavy atom. The van der Waals surface area contributed by atoms with Crippen LogP contribution < -0.4 is 5.32 Å². The maximum absolute atomic E-state index is 14.0. The third kappa shape index (κ3) is 3.42. The first kappa shape index (κ1) is 16.4. The number of halogens is 1. The minimum absolute atomic E-state index is 0.133. The van der Waals surface area contributed by atoms with Crippen molar-refractivity contribution >= 4 is 10.0 Å². The first-order chi connectivity index (χ1) is 9.86. The van der Waals surface area contributed by atoms with Gasteiger partial charge in [0.2, 0.25) is 10.0 Å². The molecule has 1 saturated heterocycles. The van der Waals surface area contributed by atoms with Crippen LogP contribution in [0.1, 0.15) is 18.1 Å². The van der Waals surface area contributed by atoms with Crippen LogP contribution in [-0.4, -0.2) is 45.6 Å². The molecular formula is C14H21FN2O3S. The van der Waals surface area contributed by atoms with Crippen LogP contribution in [0.4, 0.5) is 4.39 Å². The summed E-state index contributed by atoms with van der Waals surface area (Å²) in [6, 6.07) is 2.80. The van der Waals surface area contributed by atoms with Crippen molar-refractivity contribution in [3.8, 4) is 0 Å². The van der Waals surface area contributed by atoms with Crippen molar-refractivity contribution in [3.63, 3.8) is 0 Å². The molecule has 7 heteroatoms. The van der Waals surface area contributed by atoms with E-state index in [2.05, 4.69) is 5.32 Å². The van der Waals surface area contributed by atoms with Gasteiger partial charge in [0.05, 0.1) is 17.6 Å². The van der Waals surface area contributed by atoms with Crippen molar-refractivity contribution in [1.82, 2.24) is 9.62 Å². The summed E-state index contributed by atoms with van der Waals surface area (Å²) in [5, 5.41) is 2.85. The zero-order chi connectivity index (χ0) is 15.6. The maximum Gasteiger partial charge on any atom is 0.243 e. The van der Waals surface area contributed by atoms with Crippen LogP contribution in [-0.2, 0) is 21.3 Å². The first-order valence-electron chi connectivity index (χ1n) is 6.91. The lowest BCUT2D eigenvalue weighted by atomic mass is 10.1. The van der Waals surface area contributed by atoms with Crippen molar-refractivity contribution in [2.24, 2.45) is 0 Å². The van der Waals surface area contributed by atoms with Gasteiger partial charge in [-0.1, -0.05) is 0 Å². The smallest absolute Gasteiger partial charge is 0.243 e. The summed E-state index contributed by atoms with van der Waals surface area (Å²) in [6.07, 6.45) is -0.133. The molecule has 1 N–H and O–H groups in total. The molecule has 1 aromatic rings. The monoisotopic (exact) mass is 316 g/mol. The third-order valence-electron chi connectivity index (χ3n) is 3.51. The van der Waals surface area contributed by atoms with Crippen LogP contribution in [0.25, 0.3) is 0 Å². The summed E-state index contributed by atoms with van der Waals surface area (Å²) in [4.78, 5) is 0.140. The Bertz CT molecular complexity index is 619. The molecule has 1 atom stereocenters. The third-order valence-corrected chi connectivity index (χ3v) is 5.36. The molecule has 0 aliphatic carbocycles. The van der Waals surface area contributed by atoms with E-state index in [1.165, 1.54) is 16.4 Å². The highest BCUT2D eigenvalue weighted by Crippen LogP contribution is 2.23. The normalized spacial score (nSPS) is 20.7. The topological polar surface area (TPSA) is 58.6 Å². The van der Waals surface area contributed by atoms with Gasteiger partial charge < -0.3 is 10.1 Å². The van der Waals surface area contributed by atoms with Gasteiger partial charge in [-0.2, -0.15) is 4.31 Å². The number of morpholine rings is 1. The summed E-state index contributed by atoms with van der Waals surface area (Å²) >= 11 is 0. The Balaban J connectivity index is 2.40. The van der Waals surface area contributed by atoms with E-state index < -0.39 is 10.0 Å². The lowest BCUT2D eigenvalue weighted by Crippen LogP contribution is -2.44. The standard InChI is InChI=1S/C14H21FN2O3S/c1-10-6-13(7-12(8-16-3)14(10)15)21(18,19)17-4-5-20-11(2)9-17/h6-7,11,16H,4-5,8-9H2,1-3H3. The van der Waals surface area contributed by atoms with Gasteiger partial charge in [-0.05, 0) is 38.6 Å². The van der Waals surface area contributed by atoms with E-state index in [-0.39, 0.29) is 23.4 Å². The molecule has 0 amide bonds. The number of ether oxygens (including phenoxy) is 1. The number of nitrogens with one attached hydrogen (secondary N) is 1. The van der Waals surface area contributed by atoms with Gasteiger partial charge >= 0.3 is 0 Å². The zero-order valence-electron chi connectivity index (χ0n) is 12.5. The van der Waals surface area contributed by atoms with E-state index in [1.54, 1.807) is 14.0 Å². The fourth-order valence-corrected chi connectivity index (χ4v) is 4.06. The largest absolute Gasteiger partial charge is 0.376 e.